The SMILES string of the molecule is CCOC(=O)C1C(C)=NC(SCC(N)=O)=C(C#N)[C@@H]1c1cccc([N+](=O)[O-])c1. The van der Waals surface area contributed by atoms with Crippen molar-refractivity contribution >= 4 is 35.0 Å². The van der Waals surface area contributed by atoms with E-state index in [0.29, 0.717) is 11.3 Å². The molecule has 1 aromatic rings. The van der Waals surface area contributed by atoms with Crippen LogP contribution in [0, 0.1) is 27.4 Å². The summed E-state index contributed by atoms with van der Waals surface area (Å²) >= 11 is 0.987. The Morgan fingerprint density at radius 3 is 2.75 bits per heavy atom. The van der Waals surface area contributed by atoms with Gasteiger partial charge in [0.15, 0.2) is 0 Å². The van der Waals surface area contributed by atoms with Gasteiger partial charge in [0.1, 0.15) is 10.9 Å². The number of hydrogen-bond donors (Lipinski definition) is 1. The van der Waals surface area contributed by atoms with Crippen LogP contribution in [0.4, 0.5) is 5.69 Å². The molecule has 0 fully saturated rings. The monoisotopic (exact) mass is 402 g/mol. The normalized spacial score (nSPS) is 18.8. The summed E-state index contributed by atoms with van der Waals surface area (Å²) in [6.45, 7) is 3.41. The van der Waals surface area contributed by atoms with Crippen LogP contribution in [0.1, 0.15) is 25.3 Å². The Morgan fingerprint density at radius 2 is 2.18 bits per heavy atom. The summed E-state index contributed by atoms with van der Waals surface area (Å²) in [5.41, 5.74) is 5.96. The first-order valence-corrected chi connectivity index (χ1v) is 9.30. The molecule has 1 aromatic carbocycles. The number of thioether (sulfide) groups is 1. The van der Waals surface area contributed by atoms with Gasteiger partial charge < -0.3 is 10.5 Å². The van der Waals surface area contributed by atoms with Crippen molar-refractivity contribution in [1.82, 2.24) is 0 Å². The van der Waals surface area contributed by atoms with Crippen LogP contribution < -0.4 is 5.73 Å². The van der Waals surface area contributed by atoms with Crippen molar-refractivity contribution in [2.75, 3.05) is 12.4 Å². The Hall–Kier alpha value is -3.19. The summed E-state index contributed by atoms with van der Waals surface area (Å²) in [6.07, 6.45) is 0. The average Bonchev–Trinajstić information content (AvgIpc) is 2.65. The van der Waals surface area contributed by atoms with Gasteiger partial charge in [-0.05, 0) is 19.4 Å². The maximum absolute atomic E-state index is 12.6. The Morgan fingerprint density at radius 1 is 1.46 bits per heavy atom. The van der Waals surface area contributed by atoms with E-state index in [-0.39, 0.29) is 28.6 Å². The molecule has 1 aliphatic rings. The maximum atomic E-state index is 12.6. The van der Waals surface area contributed by atoms with Crippen LogP contribution in [0.25, 0.3) is 0 Å². The third kappa shape index (κ3) is 4.55. The number of primary amides is 1. The highest BCUT2D eigenvalue weighted by atomic mass is 32.2. The number of nitro benzene ring substituents is 1. The van der Waals surface area contributed by atoms with Crippen LogP contribution in [0.15, 0.2) is 39.9 Å². The molecule has 9 nitrogen and oxygen atoms in total. The first kappa shape index (κ1) is 21.1. The minimum atomic E-state index is -0.908. The molecule has 1 amide bonds. The smallest absolute Gasteiger partial charge is 0.315 e. The molecule has 1 heterocycles. The largest absolute Gasteiger partial charge is 0.465 e. The van der Waals surface area contributed by atoms with Gasteiger partial charge in [0, 0.05) is 23.8 Å². The van der Waals surface area contributed by atoms with E-state index in [1.807, 2.05) is 6.07 Å². The zero-order valence-corrected chi connectivity index (χ0v) is 16.1. The molecule has 2 N–H and O–H groups in total. The molecule has 0 aliphatic carbocycles. The lowest BCUT2D eigenvalue weighted by Crippen LogP contribution is -2.34. The van der Waals surface area contributed by atoms with Gasteiger partial charge >= 0.3 is 5.97 Å². The summed E-state index contributed by atoms with van der Waals surface area (Å²) < 4.78 is 5.14. The van der Waals surface area contributed by atoms with Crippen molar-refractivity contribution in [2.24, 2.45) is 16.6 Å². The van der Waals surface area contributed by atoms with Gasteiger partial charge in [-0.1, -0.05) is 23.9 Å². The molecule has 2 atom stereocenters. The topological polar surface area (TPSA) is 149 Å². The fraction of sp³-hybridized carbons (Fsp3) is 0.333. The highest BCUT2D eigenvalue weighted by Gasteiger charge is 2.40. The molecule has 0 radical (unpaired) electrons. The fourth-order valence-electron chi connectivity index (χ4n) is 2.93. The number of aliphatic imine (C=N–C) groups is 1. The van der Waals surface area contributed by atoms with Crippen LogP contribution in [-0.4, -0.2) is 34.9 Å². The number of esters is 1. The minimum absolute atomic E-state index is 0.0942. The van der Waals surface area contributed by atoms with Crippen LogP contribution in [0.3, 0.4) is 0 Å². The van der Waals surface area contributed by atoms with Crippen LogP contribution in [0.2, 0.25) is 0 Å². The molecule has 1 aliphatic heterocycles. The predicted molar refractivity (Wildman–Crippen MR) is 103 cm³/mol. The van der Waals surface area contributed by atoms with Crippen molar-refractivity contribution in [3.8, 4) is 6.07 Å². The predicted octanol–water partition coefficient (Wildman–Crippen LogP) is 2.29. The third-order valence-electron chi connectivity index (χ3n) is 4.06. The summed E-state index contributed by atoms with van der Waals surface area (Å²) in [6, 6.07) is 7.79. The highest BCUT2D eigenvalue weighted by molar-refractivity contribution is 8.03. The lowest BCUT2D eigenvalue weighted by atomic mass is 9.77. The van der Waals surface area contributed by atoms with Crippen molar-refractivity contribution < 1.29 is 19.2 Å². The first-order chi connectivity index (χ1) is 13.3. The number of nitrogens with zero attached hydrogens (tertiary/aromatic N) is 3. The molecule has 28 heavy (non-hydrogen) atoms. The maximum Gasteiger partial charge on any atom is 0.315 e. The molecule has 0 saturated carbocycles. The van der Waals surface area contributed by atoms with Gasteiger partial charge in [0.25, 0.3) is 5.69 Å². The van der Waals surface area contributed by atoms with Gasteiger partial charge in [-0.2, -0.15) is 5.26 Å². The molecule has 0 aromatic heterocycles. The number of hydrogen-bond acceptors (Lipinski definition) is 8. The molecular weight excluding hydrogens is 384 g/mol. The molecule has 146 valence electrons. The number of benzene rings is 1. The Kier molecular flexibility index (Phi) is 6.89. The second-order valence-corrected chi connectivity index (χ2v) is 6.86. The van der Waals surface area contributed by atoms with Crippen LogP contribution in [-0.2, 0) is 14.3 Å². The molecule has 0 spiro atoms. The first-order valence-electron chi connectivity index (χ1n) is 8.31. The van der Waals surface area contributed by atoms with Crippen molar-refractivity contribution in [1.29, 1.82) is 5.26 Å². The molecule has 10 heteroatoms. The van der Waals surface area contributed by atoms with Crippen LogP contribution >= 0.6 is 11.8 Å². The number of allylic oxidation sites excluding steroid dienone is 1. The van der Waals surface area contributed by atoms with Gasteiger partial charge in [-0.15, -0.1) is 0 Å². The molecular formula is C18H18N4O5S. The average molecular weight is 402 g/mol. The van der Waals surface area contributed by atoms with Crippen molar-refractivity contribution in [2.45, 2.75) is 19.8 Å². The van der Waals surface area contributed by atoms with E-state index in [9.17, 15) is 25.0 Å². The second kappa shape index (κ2) is 9.14. The number of non-ortho nitro benzene ring substituents is 1. The zero-order chi connectivity index (χ0) is 20.8. The zero-order valence-electron chi connectivity index (χ0n) is 15.2. The summed E-state index contributed by atoms with van der Waals surface area (Å²) in [5, 5.41) is 21.2. The molecule has 2 rings (SSSR count). The number of ether oxygens (including phenoxy) is 1. The van der Waals surface area contributed by atoms with E-state index < -0.39 is 28.6 Å². The molecule has 0 bridgehead atoms. The van der Waals surface area contributed by atoms with Gasteiger partial charge in [0.2, 0.25) is 5.91 Å². The number of carbonyl (C=O) groups excluding carboxylic acids is 2. The van der Waals surface area contributed by atoms with E-state index in [1.165, 1.54) is 18.2 Å². The van der Waals surface area contributed by atoms with E-state index in [2.05, 4.69) is 4.99 Å². The summed E-state index contributed by atoms with van der Waals surface area (Å²) in [4.78, 5) is 38.7. The number of rotatable bonds is 7. The molecule has 0 saturated heterocycles. The lowest BCUT2D eigenvalue weighted by Gasteiger charge is -2.30. The van der Waals surface area contributed by atoms with Crippen LogP contribution in [0.5, 0.6) is 0 Å². The van der Waals surface area contributed by atoms with E-state index in [1.54, 1.807) is 19.9 Å². The van der Waals surface area contributed by atoms with Crippen molar-refractivity contribution in [3.63, 3.8) is 0 Å². The Balaban J connectivity index is 2.64. The van der Waals surface area contributed by atoms with Gasteiger partial charge in [0.05, 0.1) is 28.9 Å². The summed E-state index contributed by atoms with van der Waals surface area (Å²) in [7, 11) is 0. The number of carbonyl (C=O) groups is 2. The quantitative estimate of drug-likeness (QED) is 0.418. The van der Waals surface area contributed by atoms with Gasteiger partial charge in [-0.3, -0.25) is 19.7 Å². The van der Waals surface area contributed by atoms with E-state index >= 15 is 0 Å². The number of nitrogens with two attached hydrogens (primary N) is 1. The highest BCUT2D eigenvalue weighted by Crippen LogP contribution is 2.42. The number of amides is 1. The Bertz CT molecular complexity index is 919. The van der Waals surface area contributed by atoms with E-state index in [0.717, 1.165) is 11.8 Å². The van der Waals surface area contributed by atoms with Gasteiger partial charge in [-0.25, -0.2) is 4.99 Å². The van der Waals surface area contributed by atoms with Crippen molar-refractivity contribution in [3.05, 3.63) is 50.5 Å². The third-order valence-corrected chi connectivity index (χ3v) is 5.07. The lowest BCUT2D eigenvalue weighted by molar-refractivity contribution is -0.384. The summed E-state index contributed by atoms with van der Waals surface area (Å²) in [5.74, 6) is -2.98. The fourth-order valence-corrected chi connectivity index (χ4v) is 3.74. The minimum Gasteiger partial charge on any atom is -0.465 e. The second-order valence-electron chi connectivity index (χ2n) is 5.90. The Labute approximate surface area is 165 Å². The van der Waals surface area contributed by atoms with E-state index in [4.69, 9.17) is 10.5 Å². The number of nitro groups is 1. The molecule has 1 unspecified atom stereocenters. The number of nitriles is 1. The standard InChI is InChI=1S/C18H18N4O5S/c1-3-27-18(24)15-10(2)21-17(28-9-14(20)23)13(8-19)16(15)11-5-4-6-12(7-11)22(25)26/h4-7,15-16H,3,9H2,1-2H3,(H2,20,23)/t15?,16-/m0/s1.